The molecule has 0 nitrogen and oxygen atoms in total. The fourth-order valence-corrected chi connectivity index (χ4v) is 8.50. The first-order valence-electron chi connectivity index (χ1n) is 18.4. The van der Waals surface area contributed by atoms with Crippen LogP contribution in [-0.2, 0) is 35.1 Å². The van der Waals surface area contributed by atoms with E-state index in [4.69, 9.17) is 0 Å². The number of hydrogen-bond donors (Lipinski definition) is 0. The Labute approximate surface area is 312 Å². The van der Waals surface area contributed by atoms with Crippen LogP contribution in [0.1, 0.15) is 152 Å². The van der Waals surface area contributed by atoms with Crippen LogP contribution in [0.25, 0.3) is 27.1 Å². The summed E-state index contributed by atoms with van der Waals surface area (Å²) in [6, 6.07) is 28.7. The Hall–Kier alpha value is -3.02. The van der Waals surface area contributed by atoms with Crippen molar-refractivity contribution in [2.24, 2.45) is 0 Å². The predicted molar refractivity (Wildman–Crippen MR) is 215 cm³/mol. The molecule has 0 heterocycles. The van der Waals surface area contributed by atoms with Crippen molar-refractivity contribution >= 4 is 30.3 Å². The first kappa shape index (κ1) is 37.2. The van der Waals surface area contributed by atoms with Gasteiger partial charge in [0.1, 0.15) is 0 Å². The van der Waals surface area contributed by atoms with Gasteiger partial charge in [0.15, 0.2) is 0 Å². The van der Waals surface area contributed by atoms with Crippen LogP contribution in [0, 0.1) is 0 Å². The molecule has 0 aliphatic heterocycles. The molecule has 0 unspecified atom stereocenters. The molecule has 254 valence electrons. The molecule has 0 bridgehead atoms. The van der Waals surface area contributed by atoms with Crippen molar-refractivity contribution in [3.63, 3.8) is 0 Å². The molecule has 1 aliphatic carbocycles. The van der Waals surface area contributed by atoms with Gasteiger partial charge in [-0.05, 0) is 35.0 Å². The van der Waals surface area contributed by atoms with Crippen LogP contribution < -0.4 is 0 Å². The Morgan fingerprint density at radius 1 is 0.673 bits per heavy atom. The number of hydrogen-bond acceptors (Lipinski definition) is 0. The molecule has 0 saturated carbocycles. The minimum absolute atomic E-state index is 0.0666. The SMILES string of the molecule is CC(C)c1c(C(C)(C)C)c(C2=CC=CC2)c2[cH-]c3cc(C(C)(C)C)cc(C(C)C)c3c2c1C(C)C.[Zr]=[C](c1ccccc1)c1ccccc1. The molecule has 1 heteroatoms. The van der Waals surface area contributed by atoms with Gasteiger partial charge in [-0.15, -0.1) is 33.7 Å². The van der Waals surface area contributed by atoms with Gasteiger partial charge in [0.25, 0.3) is 0 Å². The molecule has 5 aromatic carbocycles. The molecule has 1 aliphatic rings. The van der Waals surface area contributed by atoms with Gasteiger partial charge in [-0.2, -0.15) is 0 Å². The average Bonchev–Trinajstić information content (AvgIpc) is 3.71. The normalized spacial score (nSPS) is 13.5. The van der Waals surface area contributed by atoms with Gasteiger partial charge in [0.2, 0.25) is 0 Å². The van der Waals surface area contributed by atoms with Crippen LogP contribution in [0.3, 0.4) is 0 Å². The van der Waals surface area contributed by atoms with Gasteiger partial charge in [-0.1, -0.05) is 146 Å². The summed E-state index contributed by atoms with van der Waals surface area (Å²) in [6.45, 7) is 28.6. The Kier molecular flexibility index (Phi) is 11.2. The van der Waals surface area contributed by atoms with Crippen LogP contribution in [0.4, 0.5) is 0 Å². The standard InChI is InChI=1S/C35H47.C13H10.Zr/c1-20(2)26-19-25(34(7,8)9)17-24-18-27-31(23-15-13-14-16-23)33(35(10,11)12)29(22(5)6)28(21(3)4)32(27)30(24)26;1-3-7-12(8-4-1)11-13-9-5-2-6-10-13;/h13-15,17-22H,16H2,1-12H3;1-10H;/q-1;;. The van der Waals surface area contributed by atoms with Gasteiger partial charge < -0.3 is 0 Å². The van der Waals surface area contributed by atoms with E-state index >= 15 is 0 Å². The van der Waals surface area contributed by atoms with Gasteiger partial charge in [-0.3, -0.25) is 0 Å². The maximum absolute atomic E-state index is 2.55. The molecule has 6 rings (SSSR count). The summed E-state index contributed by atoms with van der Waals surface area (Å²) < 4.78 is 1.42. The molecule has 49 heavy (non-hydrogen) atoms. The Morgan fingerprint density at radius 3 is 1.65 bits per heavy atom. The second-order valence-corrected chi connectivity index (χ2v) is 18.2. The Morgan fingerprint density at radius 2 is 1.22 bits per heavy atom. The molecule has 0 N–H and O–H groups in total. The summed E-state index contributed by atoms with van der Waals surface area (Å²) in [7, 11) is 0. The zero-order valence-corrected chi connectivity index (χ0v) is 34.6. The van der Waals surface area contributed by atoms with Crippen molar-refractivity contribution in [3.8, 4) is 0 Å². The summed E-state index contributed by atoms with van der Waals surface area (Å²) >= 11 is 1.46. The first-order chi connectivity index (χ1) is 23.0. The van der Waals surface area contributed by atoms with E-state index in [2.05, 4.69) is 180 Å². The topological polar surface area (TPSA) is 0 Å². The van der Waals surface area contributed by atoms with Crippen molar-refractivity contribution in [1.29, 1.82) is 0 Å². The van der Waals surface area contributed by atoms with E-state index in [1.54, 1.807) is 16.7 Å². The van der Waals surface area contributed by atoms with E-state index in [1.165, 1.54) is 82.4 Å². The van der Waals surface area contributed by atoms with E-state index < -0.39 is 0 Å². The molecule has 0 saturated heterocycles. The number of benzene rings is 4. The van der Waals surface area contributed by atoms with E-state index in [0.717, 1.165) is 6.42 Å². The summed E-state index contributed by atoms with van der Waals surface area (Å²) in [5, 5.41) is 5.92. The quantitative estimate of drug-likeness (QED) is 0.153. The zero-order chi connectivity index (χ0) is 35.8. The van der Waals surface area contributed by atoms with E-state index in [0.29, 0.717) is 17.8 Å². The third-order valence-electron chi connectivity index (χ3n) is 9.98. The van der Waals surface area contributed by atoms with Crippen molar-refractivity contribution in [3.05, 3.63) is 142 Å². The van der Waals surface area contributed by atoms with E-state index in [-0.39, 0.29) is 10.8 Å². The Balaban J connectivity index is 0.000000278. The second-order valence-electron chi connectivity index (χ2n) is 16.9. The van der Waals surface area contributed by atoms with Crippen molar-refractivity contribution in [2.75, 3.05) is 0 Å². The molecule has 0 aromatic heterocycles. The maximum atomic E-state index is 2.55. The molecule has 0 amide bonds. The van der Waals surface area contributed by atoms with Crippen molar-refractivity contribution in [1.82, 2.24) is 0 Å². The van der Waals surface area contributed by atoms with Crippen molar-refractivity contribution in [2.45, 2.75) is 118 Å². The summed E-state index contributed by atoms with van der Waals surface area (Å²) in [5.41, 5.74) is 13.5. The first-order valence-corrected chi connectivity index (χ1v) is 19.6. The molecule has 0 spiro atoms. The van der Waals surface area contributed by atoms with Crippen LogP contribution in [0.5, 0.6) is 0 Å². The van der Waals surface area contributed by atoms with Crippen LogP contribution in [0.2, 0.25) is 0 Å². The van der Waals surface area contributed by atoms with Crippen LogP contribution in [-0.4, -0.2) is 3.21 Å². The van der Waals surface area contributed by atoms with Gasteiger partial charge in [0.05, 0.1) is 0 Å². The summed E-state index contributed by atoms with van der Waals surface area (Å²) in [5.74, 6) is 1.42. The van der Waals surface area contributed by atoms with E-state index in [1.807, 2.05) is 0 Å². The zero-order valence-electron chi connectivity index (χ0n) is 32.2. The third kappa shape index (κ3) is 7.69. The van der Waals surface area contributed by atoms with Gasteiger partial charge in [0, 0.05) is 0 Å². The third-order valence-corrected chi connectivity index (χ3v) is 11.4. The summed E-state index contributed by atoms with van der Waals surface area (Å²) in [4.78, 5) is 0. The Bertz CT molecular complexity index is 1970. The summed E-state index contributed by atoms with van der Waals surface area (Å²) in [6.07, 6.45) is 7.96. The molecular weight excluding hydrogens is 668 g/mol. The minimum atomic E-state index is 0.0666. The fourth-order valence-electron chi connectivity index (χ4n) is 7.68. The molecule has 0 radical (unpaired) electrons. The van der Waals surface area contributed by atoms with Gasteiger partial charge in [-0.25, -0.2) is 0 Å². The molecule has 0 fully saturated rings. The fraction of sp³-hybridized carbons (Fsp3) is 0.375. The molecular formula is C48H57Zr-. The van der Waals surface area contributed by atoms with Crippen LogP contribution >= 0.6 is 0 Å². The van der Waals surface area contributed by atoms with Gasteiger partial charge >= 0.3 is 99.2 Å². The number of rotatable bonds is 6. The number of fused-ring (bicyclic) bond motifs is 3. The average molecular weight is 725 g/mol. The van der Waals surface area contributed by atoms with Crippen LogP contribution in [0.15, 0.2) is 97.1 Å². The molecule has 0 atom stereocenters. The van der Waals surface area contributed by atoms with E-state index in [9.17, 15) is 0 Å². The number of allylic oxidation sites excluding steroid dienone is 4. The second kappa shape index (κ2) is 14.7. The monoisotopic (exact) mass is 723 g/mol. The predicted octanol–water partition coefficient (Wildman–Crippen LogP) is 13.8. The van der Waals surface area contributed by atoms with Crippen molar-refractivity contribution < 1.29 is 24.2 Å². The molecule has 5 aromatic rings.